The zero-order chi connectivity index (χ0) is 14.1. The number of fused-ring (bicyclic) bond motifs is 1. The molecule has 2 heterocycles. The molecule has 1 fully saturated rings. The van der Waals surface area contributed by atoms with Gasteiger partial charge in [-0.05, 0) is 12.1 Å². The molecule has 2 aromatic rings. The average molecular weight is 270 g/mol. The molecule has 3 rings (SSSR count). The van der Waals surface area contributed by atoms with Crippen molar-refractivity contribution in [3.8, 4) is 0 Å². The van der Waals surface area contributed by atoms with E-state index in [0.717, 1.165) is 5.39 Å². The number of amides is 3. The molecule has 0 spiro atoms. The van der Waals surface area contributed by atoms with Crippen LogP contribution in [0.5, 0.6) is 0 Å². The van der Waals surface area contributed by atoms with Crippen molar-refractivity contribution >= 4 is 34.7 Å². The van der Waals surface area contributed by atoms with E-state index >= 15 is 0 Å². The molecule has 0 bridgehead atoms. The number of anilines is 1. The highest BCUT2D eigenvalue weighted by Gasteiger charge is 2.24. The minimum Gasteiger partial charge on any atom is -0.296 e. The molecule has 20 heavy (non-hydrogen) atoms. The predicted molar refractivity (Wildman–Crippen MR) is 70.4 cm³/mol. The number of carbonyl (C=O) groups excluding carboxylic acids is 3. The molecule has 1 aliphatic rings. The molecule has 0 unspecified atom stereocenters. The second-order valence-corrected chi connectivity index (χ2v) is 4.37. The maximum atomic E-state index is 11.8. The molecule has 0 radical (unpaired) electrons. The minimum absolute atomic E-state index is 0.220. The number of hydrogen-bond donors (Lipinski definition) is 1. The third kappa shape index (κ3) is 1.99. The lowest BCUT2D eigenvalue weighted by Gasteiger charge is -2.26. The van der Waals surface area contributed by atoms with Gasteiger partial charge in [0.25, 0.3) is 0 Å². The first kappa shape index (κ1) is 12.2. The van der Waals surface area contributed by atoms with Gasteiger partial charge < -0.3 is 0 Å². The first-order chi connectivity index (χ1) is 9.69. The zero-order valence-electron chi connectivity index (χ0n) is 10.4. The molecular formula is C13H10N4O3. The van der Waals surface area contributed by atoms with E-state index in [1.165, 1.54) is 4.90 Å². The van der Waals surface area contributed by atoms with Gasteiger partial charge in [-0.25, -0.2) is 4.79 Å². The fourth-order valence-corrected chi connectivity index (χ4v) is 2.15. The van der Waals surface area contributed by atoms with E-state index in [1.807, 2.05) is 0 Å². The number of carbonyl (C=O) groups is 3. The molecule has 1 aliphatic heterocycles. The number of rotatable bonds is 2. The molecule has 1 N–H and O–H groups in total. The molecular weight excluding hydrogens is 260 g/mol. The van der Waals surface area contributed by atoms with E-state index in [2.05, 4.69) is 15.5 Å². The Hall–Kier alpha value is -2.83. The molecule has 3 amide bonds. The van der Waals surface area contributed by atoms with Crippen LogP contribution in [0.15, 0.2) is 24.4 Å². The second-order valence-electron chi connectivity index (χ2n) is 4.37. The molecule has 7 nitrogen and oxygen atoms in total. The molecule has 1 saturated heterocycles. The van der Waals surface area contributed by atoms with Gasteiger partial charge in [0.2, 0.25) is 5.91 Å². The summed E-state index contributed by atoms with van der Waals surface area (Å²) in [4.78, 5) is 35.4. The van der Waals surface area contributed by atoms with E-state index in [1.54, 1.807) is 24.4 Å². The highest BCUT2D eigenvalue weighted by atomic mass is 16.2. The van der Waals surface area contributed by atoms with Gasteiger partial charge in [0.05, 0.1) is 6.20 Å². The van der Waals surface area contributed by atoms with Crippen molar-refractivity contribution in [2.75, 3.05) is 11.4 Å². The molecule has 1 aromatic carbocycles. The van der Waals surface area contributed by atoms with Crippen LogP contribution in [-0.2, 0) is 4.79 Å². The molecule has 0 saturated carbocycles. The Balaban J connectivity index is 2.06. The van der Waals surface area contributed by atoms with Crippen molar-refractivity contribution < 1.29 is 14.4 Å². The number of nitrogens with one attached hydrogen (secondary N) is 1. The molecule has 1 aromatic heterocycles. The average Bonchev–Trinajstić information content (AvgIpc) is 2.46. The Bertz CT molecular complexity index is 729. The zero-order valence-corrected chi connectivity index (χ0v) is 10.4. The smallest absolute Gasteiger partial charge is 0.296 e. The van der Waals surface area contributed by atoms with Crippen LogP contribution in [0.25, 0.3) is 10.8 Å². The van der Waals surface area contributed by atoms with Gasteiger partial charge in [-0.1, -0.05) is 6.07 Å². The Morgan fingerprint density at radius 3 is 2.90 bits per heavy atom. The summed E-state index contributed by atoms with van der Waals surface area (Å²) in [5.41, 5.74) is 0.830. The third-order valence-electron chi connectivity index (χ3n) is 3.15. The van der Waals surface area contributed by atoms with Crippen molar-refractivity contribution in [1.82, 2.24) is 15.5 Å². The Morgan fingerprint density at radius 1 is 1.30 bits per heavy atom. The van der Waals surface area contributed by atoms with Crippen LogP contribution >= 0.6 is 0 Å². The summed E-state index contributed by atoms with van der Waals surface area (Å²) in [7, 11) is 0. The van der Waals surface area contributed by atoms with E-state index in [4.69, 9.17) is 0 Å². The number of imide groups is 1. The van der Waals surface area contributed by atoms with E-state index in [-0.39, 0.29) is 18.0 Å². The van der Waals surface area contributed by atoms with E-state index < -0.39 is 6.03 Å². The van der Waals surface area contributed by atoms with Crippen LogP contribution in [0.3, 0.4) is 0 Å². The van der Waals surface area contributed by atoms with Gasteiger partial charge in [-0.2, -0.15) is 5.10 Å². The first-order valence-electron chi connectivity index (χ1n) is 6.01. The summed E-state index contributed by atoms with van der Waals surface area (Å²) in [5, 5.41) is 11.1. The third-order valence-corrected chi connectivity index (χ3v) is 3.15. The van der Waals surface area contributed by atoms with Gasteiger partial charge in [0, 0.05) is 29.4 Å². The molecule has 100 valence electrons. The fourth-order valence-electron chi connectivity index (χ4n) is 2.15. The lowest BCUT2D eigenvalue weighted by Crippen LogP contribution is -2.49. The van der Waals surface area contributed by atoms with Crippen LogP contribution in [0.4, 0.5) is 10.5 Å². The van der Waals surface area contributed by atoms with Crippen molar-refractivity contribution in [3.63, 3.8) is 0 Å². The minimum atomic E-state index is -0.463. The van der Waals surface area contributed by atoms with E-state index in [0.29, 0.717) is 23.9 Å². The van der Waals surface area contributed by atoms with Gasteiger partial charge in [-0.3, -0.25) is 19.8 Å². The Labute approximate surface area is 113 Å². The van der Waals surface area contributed by atoms with Crippen LogP contribution in [0.2, 0.25) is 0 Å². The quantitative estimate of drug-likeness (QED) is 0.818. The van der Waals surface area contributed by atoms with Crippen LogP contribution in [-0.4, -0.2) is 35.0 Å². The monoisotopic (exact) mass is 270 g/mol. The summed E-state index contributed by atoms with van der Waals surface area (Å²) in [5.74, 6) is -0.286. The maximum absolute atomic E-state index is 11.8. The largest absolute Gasteiger partial charge is 0.328 e. The normalized spacial score (nSPS) is 15.3. The lowest BCUT2D eigenvalue weighted by atomic mass is 10.1. The summed E-state index contributed by atoms with van der Waals surface area (Å²) >= 11 is 0. The highest BCUT2D eigenvalue weighted by Crippen LogP contribution is 2.24. The Morgan fingerprint density at radius 2 is 2.15 bits per heavy atom. The number of benzene rings is 1. The van der Waals surface area contributed by atoms with Crippen LogP contribution < -0.4 is 10.2 Å². The summed E-state index contributed by atoms with van der Waals surface area (Å²) in [6.07, 6.45) is 2.42. The SMILES string of the molecule is O=Cc1nncc2ccc(N3CCC(=O)NC3=O)cc12. The van der Waals surface area contributed by atoms with Crippen molar-refractivity contribution in [2.24, 2.45) is 0 Å². The number of hydrogen-bond acceptors (Lipinski definition) is 5. The van der Waals surface area contributed by atoms with Crippen LogP contribution in [0.1, 0.15) is 16.9 Å². The topological polar surface area (TPSA) is 92.3 Å². The van der Waals surface area contributed by atoms with Gasteiger partial charge in [0.1, 0.15) is 5.69 Å². The number of aldehydes is 1. The summed E-state index contributed by atoms with van der Waals surface area (Å²) in [6, 6.07) is 4.74. The van der Waals surface area contributed by atoms with Crippen molar-refractivity contribution in [1.29, 1.82) is 0 Å². The van der Waals surface area contributed by atoms with Crippen LogP contribution in [0, 0.1) is 0 Å². The van der Waals surface area contributed by atoms with Gasteiger partial charge >= 0.3 is 6.03 Å². The Kier molecular flexibility index (Phi) is 2.86. The predicted octanol–water partition coefficient (Wildman–Crippen LogP) is 0.889. The lowest BCUT2D eigenvalue weighted by molar-refractivity contribution is -0.120. The van der Waals surface area contributed by atoms with Gasteiger partial charge in [0.15, 0.2) is 6.29 Å². The summed E-state index contributed by atoms with van der Waals surface area (Å²) < 4.78 is 0. The summed E-state index contributed by atoms with van der Waals surface area (Å²) in [6.45, 7) is 0.311. The number of urea groups is 1. The van der Waals surface area contributed by atoms with Crippen molar-refractivity contribution in [2.45, 2.75) is 6.42 Å². The van der Waals surface area contributed by atoms with E-state index in [9.17, 15) is 14.4 Å². The fraction of sp³-hybridized carbons (Fsp3) is 0.154. The number of nitrogens with zero attached hydrogens (tertiary/aromatic N) is 3. The highest BCUT2D eigenvalue weighted by molar-refractivity contribution is 6.07. The maximum Gasteiger partial charge on any atom is 0.328 e. The molecule has 0 aliphatic carbocycles. The molecule has 7 heteroatoms. The van der Waals surface area contributed by atoms with Crippen molar-refractivity contribution in [3.05, 3.63) is 30.1 Å². The number of aromatic nitrogens is 2. The standard InChI is InChI=1S/C13H10N4O3/c18-7-11-10-5-9(2-1-8(10)6-14-16-11)17-4-3-12(19)15-13(17)20/h1-2,5-7H,3-4H2,(H,15,19,20). The first-order valence-corrected chi connectivity index (χ1v) is 6.01. The molecule has 0 atom stereocenters. The van der Waals surface area contributed by atoms with Gasteiger partial charge in [-0.15, -0.1) is 5.10 Å². The second kappa shape index (κ2) is 4.69.